The van der Waals surface area contributed by atoms with Crippen molar-refractivity contribution in [3.8, 4) is 11.4 Å². The largest absolute Gasteiger partial charge is 0.368 e. The molecule has 6 nitrogen and oxygen atoms in total. The van der Waals surface area contributed by atoms with Gasteiger partial charge in [0.1, 0.15) is 22.9 Å². The summed E-state index contributed by atoms with van der Waals surface area (Å²) in [7, 11) is 0. The summed E-state index contributed by atoms with van der Waals surface area (Å²) in [5.74, 6) is 0.757. The highest BCUT2D eigenvalue weighted by molar-refractivity contribution is 5.90. The van der Waals surface area contributed by atoms with Gasteiger partial charge in [0.15, 0.2) is 0 Å². The lowest BCUT2D eigenvalue weighted by Crippen LogP contribution is -2.58. The van der Waals surface area contributed by atoms with Crippen LogP contribution in [0.25, 0.3) is 22.4 Å². The number of nitrogens with zero attached hydrogens (tertiary/aromatic N) is 3. The average Bonchev–Trinajstić information content (AvgIpc) is 3.34. The maximum absolute atomic E-state index is 14.6. The van der Waals surface area contributed by atoms with E-state index in [0.29, 0.717) is 28.3 Å². The lowest BCUT2D eigenvalue weighted by molar-refractivity contribution is -0.135. The fraction of sp³-hybridized carbons (Fsp3) is 0.577. The second kappa shape index (κ2) is 8.58. The molecule has 2 aliphatic rings. The molecule has 7 heteroatoms. The van der Waals surface area contributed by atoms with Crippen LogP contribution in [0.5, 0.6) is 0 Å². The molecule has 5 rings (SSSR count). The van der Waals surface area contributed by atoms with Gasteiger partial charge in [0.05, 0.1) is 22.3 Å². The maximum atomic E-state index is 14.6. The molecule has 3 aromatic rings. The zero-order valence-electron chi connectivity index (χ0n) is 19.6. The third-order valence-electron chi connectivity index (χ3n) is 8.09. The van der Waals surface area contributed by atoms with Gasteiger partial charge in [-0.2, -0.15) is 0 Å². The van der Waals surface area contributed by atoms with Crippen molar-refractivity contribution in [2.45, 2.75) is 83.6 Å². The van der Waals surface area contributed by atoms with Crippen molar-refractivity contribution >= 4 is 16.9 Å². The van der Waals surface area contributed by atoms with Crippen LogP contribution in [-0.4, -0.2) is 20.6 Å². The summed E-state index contributed by atoms with van der Waals surface area (Å²) in [6.07, 6.45) is 10.4. The molecule has 176 valence electrons. The number of hydrogen-bond acceptors (Lipinski definition) is 4. The summed E-state index contributed by atoms with van der Waals surface area (Å²) in [5.41, 5.74) is 8.22. The van der Waals surface area contributed by atoms with E-state index >= 15 is 0 Å². The molecule has 33 heavy (non-hydrogen) atoms. The highest BCUT2D eigenvalue weighted by Crippen LogP contribution is 2.51. The first-order valence-corrected chi connectivity index (χ1v) is 12.4. The SMILES string of the molecule is Cc1noc(C)c1-c1nc2ccc(F)cc2n1C(C(N)=O)(C1CCCCC1)C1CCCCC1. The molecule has 2 aromatic heterocycles. The summed E-state index contributed by atoms with van der Waals surface area (Å²) in [6.45, 7) is 3.73. The van der Waals surface area contributed by atoms with Crippen LogP contribution in [0.4, 0.5) is 4.39 Å². The Kier molecular flexibility index (Phi) is 5.75. The summed E-state index contributed by atoms with van der Waals surface area (Å²) >= 11 is 0. The molecule has 0 radical (unpaired) electrons. The fourth-order valence-electron chi connectivity index (χ4n) is 6.69. The van der Waals surface area contributed by atoms with Gasteiger partial charge in [0, 0.05) is 0 Å². The van der Waals surface area contributed by atoms with Crippen molar-refractivity contribution in [1.29, 1.82) is 0 Å². The van der Waals surface area contributed by atoms with Gasteiger partial charge < -0.3 is 14.8 Å². The van der Waals surface area contributed by atoms with Crippen LogP contribution in [-0.2, 0) is 10.3 Å². The van der Waals surface area contributed by atoms with Gasteiger partial charge in [-0.3, -0.25) is 4.79 Å². The van der Waals surface area contributed by atoms with E-state index in [-0.39, 0.29) is 23.6 Å². The van der Waals surface area contributed by atoms with Crippen molar-refractivity contribution in [3.63, 3.8) is 0 Å². The number of carbonyl (C=O) groups excluding carboxylic acids is 1. The lowest BCUT2D eigenvalue weighted by atomic mass is 9.63. The smallest absolute Gasteiger partial charge is 0.244 e. The third-order valence-corrected chi connectivity index (χ3v) is 8.09. The summed E-state index contributed by atoms with van der Waals surface area (Å²) in [4.78, 5) is 18.7. The number of rotatable bonds is 5. The number of carbonyl (C=O) groups is 1. The Morgan fingerprint density at radius 3 is 2.18 bits per heavy atom. The van der Waals surface area contributed by atoms with E-state index in [9.17, 15) is 9.18 Å². The molecular formula is C26H33FN4O2. The molecule has 0 saturated heterocycles. The van der Waals surface area contributed by atoms with Crippen LogP contribution in [0.3, 0.4) is 0 Å². The number of benzene rings is 1. The molecule has 1 amide bonds. The first kappa shape index (κ1) is 22.1. The molecular weight excluding hydrogens is 419 g/mol. The van der Waals surface area contributed by atoms with E-state index in [4.69, 9.17) is 15.2 Å². The molecule has 1 aromatic carbocycles. The molecule has 2 aliphatic carbocycles. The monoisotopic (exact) mass is 452 g/mol. The number of hydrogen-bond donors (Lipinski definition) is 1. The fourth-order valence-corrected chi connectivity index (χ4v) is 6.69. The van der Waals surface area contributed by atoms with Gasteiger partial charge in [-0.05, 0) is 69.6 Å². The van der Waals surface area contributed by atoms with Crippen molar-refractivity contribution < 1.29 is 13.7 Å². The van der Waals surface area contributed by atoms with Gasteiger partial charge in [0.2, 0.25) is 5.91 Å². The van der Waals surface area contributed by atoms with E-state index in [1.807, 2.05) is 18.4 Å². The number of halogens is 1. The van der Waals surface area contributed by atoms with Crippen molar-refractivity contribution in [3.05, 3.63) is 35.5 Å². The number of imidazole rings is 1. The van der Waals surface area contributed by atoms with Gasteiger partial charge in [-0.15, -0.1) is 0 Å². The summed E-state index contributed by atoms with van der Waals surface area (Å²) in [5, 5.41) is 4.15. The first-order valence-electron chi connectivity index (χ1n) is 12.4. The van der Waals surface area contributed by atoms with Crippen molar-refractivity contribution in [2.75, 3.05) is 0 Å². The number of aromatic nitrogens is 3. The van der Waals surface area contributed by atoms with Crippen molar-refractivity contribution in [1.82, 2.24) is 14.7 Å². The Hall–Kier alpha value is -2.70. The number of aryl methyl sites for hydroxylation is 2. The van der Waals surface area contributed by atoms with Crippen LogP contribution < -0.4 is 5.73 Å². The number of primary amides is 1. The zero-order chi connectivity index (χ0) is 23.2. The van der Waals surface area contributed by atoms with Crippen LogP contribution >= 0.6 is 0 Å². The highest BCUT2D eigenvalue weighted by Gasteiger charge is 2.53. The molecule has 0 atom stereocenters. The van der Waals surface area contributed by atoms with E-state index < -0.39 is 5.54 Å². The van der Waals surface area contributed by atoms with Crippen LogP contribution in [0.2, 0.25) is 0 Å². The van der Waals surface area contributed by atoms with Gasteiger partial charge >= 0.3 is 0 Å². The van der Waals surface area contributed by atoms with Crippen LogP contribution in [0.15, 0.2) is 22.7 Å². The van der Waals surface area contributed by atoms with Crippen LogP contribution in [0.1, 0.15) is 75.7 Å². The predicted molar refractivity (Wildman–Crippen MR) is 125 cm³/mol. The van der Waals surface area contributed by atoms with Gasteiger partial charge in [-0.25, -0.2) is 9.37 Å². The van der Waals surface area contributed by atoms with Gasteiger partial charge in [-0.1, -0.05) is 43.7 Å². The third kappa shape index (κ3) is 3.47. The standard InChI is InChI=1S/C26H33FN4O2/c1-16-23(17(2)33-30-16)24-29-21-14-13-20(27)15-22(21)31(24)26(25(28)32,18-9-5-3-6-10-18)19-11-7-4-8-12-19/h13-15,18-19H,3-12H2,1-2H3,(H2,28,32). The Bertz CT molecular complexity index is 1130. The molecule has 2 saturated carbocycles. The normalized spacial score (nSPS) is 18.8. The minimum absolute atomic E-state index is 0.0896. The van der Waals surface area contributed by atoms with Crippen molar-refractivity contribution in [2.24, 2.45) is 17.6 Å². The Labute approximate surface area is 193 Å². The van der Waals surface area contributed by atoms with E-state index in [0.717, 1.165) is 56.9 Å². The lowest BCUT2D eigenvalue weighted by Gasteiger charge is -2.48. The van der Waals surface area contributed by atoms with E-state index in [1.165, 1.54) is 25.0 Å². The quantitative estimate of drug-likeness (QED) is 0.531. The number of fused-ring (bicyclic) bond motifs is 1. The minimum Gasteiger partial charge on any atom is -0.368 e. The Morgan fingerprint density at radius 1 is 1.06 bits per heavy atom. The number of amides is 1. The van der Waals surface area contributed by atoms with Crippen LogP contribution in [0, 0.1) is 31.5 Å². The summed E-state index contributed by atoms with van der Waals surface area (Å²) in [6, 6.07) is 4.62. The van der Waals surface area contributed by atoms with E-state index in [1.54, 1.807) is 6.07 Å². The minimum atomic E-state index is -0.963. The topological polar surface area (TPSA) is 86.9 Å². The molecule has 2 N–H and O–H groups in total. The van der Waals surface area contributed by atoms with E-state index in [2.05, 4.69) is 5.16 Å². The second-order valence-corrected chi connectivity index (χ2v) is 9.96. The maximum Gasteiger partial charge on any atom is 0.244 e. The molecule has 0 bridgehead atoms. The zero-order valence-corrected chi connectivity index (χ0v) is 19.6. The first-order chi connectivity index (χ1) is 15.9. The average molecular weight is 453 g/mol. The highest BCUT2D eigenvalue weighted by atomic mass is 19.1. The molecule has 0 unspecified atom stereocenters. The molecule has 0 spiro atoms. The van der Waals surface area contributed by atoms with Gasteiger partial charge in [0.25, 0.3) is 0 Å². The Morgan fingerprint density at radius 2 is 1.67 bits per heavy atom. The Balaban J connectivity index is 1.88. The summed E-state index contributed by atoms with van der Waals surface area (Å²) < 4.78 is 22.1. The number of nitrogens with two attached hydrogens (primary N) is 1. The molecule has 0 aliphatic heterocycles. The molecule has 2 heterocycles. The predicted octanol–water partition coefficient (Wildman–Crippen LogP) is 5.79. The second-order valence-electron chi connectivity index (χ2n) is 9.96. The molecule has 2 fully saturated rings.